The summed E-state index contributed by atoms with van der Waals surface area (Å²) in [5, 5.41) is 6.91. The van der Waals surface area contributed by atoms with E-state index in [4.69, 9.17) is 4.74 Å². The number of rotatable bonds is 3. The standard InChI is InChI=1S/C17H21BrN4O4S/c1-17(2,3)26-16(23)22-9-8-13-14(10-22)19-20-15(13)21-27(24,25)12-6-4-11(18)5-7-12/h4-7H,8-10H2,1-3H3,(H2,19,20,21). The fraction of sp³-hybridized carbons (Fsp3) is 0.412. The molecule has 2 heterocycles. The van der Waals surface area contributed by atoms with Crippen molar-refractivity contribution < 1.29 is 17.9 Å². The normalized spacial score (nSPS) is 14.6. The van der Waals surface area contributed by atoms with Gasteiger partial charge in [-0.05, 0) is 51.5 Å². The minimum Gasteiger partial charge on any atom is -0.444 e. The number of aromatic nitrogens is 2. The van der Waals surface area contributed by atoms with Gasteiger partial charge in [-0.3, -0.25) is 9.82 Å². The maximum absolute atomic E-state index is 12.6. The molecule has 0 saturated carbocycles. The van der Waals surface area contributed by atoms with Gasteiger partial charge < -0.3 is 9.64 Å². The van der Waals surface area contributed by atoms with E-state index < -0.39 is 21.7 Å². The number of carbonyl (C=O) groups is 1. The Balaban J connectivity index is 1.75. The highest BCUT2D eigenvalue weighted by Gasteiger charge is 2.29. The number of anilines is 1. The first-order valence-electron chi connectivity index (χ1n) is 8.37. The smallest absolute Gasteiger partial charge is 0.410 e. The predicted molar refractivity (Wildman–Crippen MR) is 104 cm³/mol. The van der Waals surface area contributed by atoms with E-state index in [1.54, 1.807) is 17.0 Å². The van der Waals surface area contributed by atoms with Gasteiger partial charge in [0.15, 0.2) is 5.82 Å². The van der Waals surface area contributed by atoms with Crippen LogP contribution >= 0.6 is 15.9 Å². The van der Waals surface area contributed by atoms with Crippen LogP contribution in [0.15, 0.2) is 33.6 Å². The average molecular weight is 457 g/mol. The van der Waals surface area contributed by atoms with Gasteiger partial charge >= 0.3 is 6.09 Å². The highest BCUT2D eigenvalue weighted by Crippen LogP contribution is 2.27. The van der Waals surface area contributed by atoms with Crippen LogP contribution in [0.1, 0.15) is 32.0 Å². The molecule has 1 amide bonds. The summed E-state index contributed by atoms with van der Waals surface area (Å²) in [5.74, 6) is 0.261. The third-order valence-electron chi connectivity index (χ3n) is 3.94. The van der Waals surface area contributed by atoms with Crippen molar-refractivity contribution in [3.8, 4) is 0 Å². The quantitative estimate of drug-likeness (QED) is 0.737. The highest BCUT2D eigenvalue weighted by molar-refractivity contribution is 9.10. The number of hydrogen-bond donors (Lipinski definition) is 2. The summed E-state index contributed by atoms with van der Waals surface area (Å²) in [4.78, 5) is 13.9. The summed E-state index contributed by atoms with van der Waals surface area (Å²) >= 11 is 3.28. The van der Waals surface area contributed by atoms with Gasteiger partial charge in [0.2, 0.25) is 0 Å². The van der Waals surface area contributed by atoms with E-state index in [0.717, 1.165) is 10.0 Å². The Morgan fingerprint density at radius 2 is 1.96 bits per heavy atom. The molecule has 2 aromatic rings. The number of H-pyrrole nitrogens is 1. The molecule has 27 heavy (non-hydrogen) atoms. The van der Waals surface area contributed by atoms with Crippen molar-refractivity contribution in [1.29, 1.82) is 0 Å². The molecule has 0 aliphatic carbocycles. The Bertz CT molecular complexity index is 948. The maximum atomic E-state index is 12.6. The summed E-state index contributed by atoms with van der Waals surface area (Å²) in [7, 11) is -3.75. The molecule has 0 unspecified atom stereocenters. The first-order chi connectivity index (χ1) is 12.5. The van der Waals surface area contributed by atoms with Crippen molar-refractivity contribution in [1.82, 2.24) is 15.1 Å². The molecule has 1 aromatic heterocycles. The molecule has 0 radical (unpaired) electrons. The molecule has 1 aliphatic rings. The topological polar surface area (TPSA) is 104 Å². The average Bonchev–Trinajstić information content (AvgIpc) is 2.95. The number of amides is 1. The number of aromatic amines is 1. The van der Waals surface area contributed by atoms with E-state index in [1.165, 1.54) is 12.1 Å². The van der Waals surface area contributed by atoms with E-state index in [2.05, 4.69) is 30.8 Å². The van der Waals surface area contributed by atoms with Gasteiger partial charge in [-0.1, -0.05) is 15.9 Å². The molecule has 2 N–H and O–H groups in total. The number of ether oxygens (including phenoxy) is 1. The minimum atomic E-state index is -3.75. The number of fused-ring (bicyclic) bond motifs is 1. The number of halogens is 1. The Labute approximate surface area is 166 Å². The van der Waals surface area contributed by atoms with Gasteiger partial charge in [0.1, 0.15) is 5.60 Å². The third-order valence-corrected chi connectivity index (χ3v) is 5.82. The van der Waals surface area contributed by atoms with Gasteiger partial charge in [-0.15, -0.1) is 0 Å². The monoisotopic (exact) mass is 456 g/mol. The van der Waals surface area contributed by atoms with Crippen LogP contribution in [0.5, 0.6) is 0 Å². The number of benzene rings is 1. The lowest BCUT2D eigenvalue weighted by atomic mass is 10.1. The lowest BCUT2D eigenvalue weighted by Crippen LogP contribution is -2.39. The van der Waals surface area contributed by atoms with Gasteiger partial charge in [0.25, 0.3) is 10.0 Å². The molecule has 1 aromatic carbocycles. The predicted octanol–water partition coefficient (Wildman–Crippen LogP) is 3.27. The van der Waals surface area contributed by atoms with E-state index in [-0.39, 0.29) is 17.3 Å². The second-order valence-electron chi connectivity index (χ2n) is 7.24. The highest BCUT2D eigenvalue weighted by atomic mass is 79.9. The van der Waals surface area contributed by atoms with Crippen molar-refractivity contribution in [2.75, 3.05) is 11.3 Å². The Morgan fingerprint density at radius 1 is 1.30 bits per heavy atom. The number of hydrogen-bond acceptors (Lipinski definition) is 5. The number of nitrogens with zero attached hydrogens (tertiary/aromatic N) is 2. The maximum Gasteiger partial charge on any atom is 0.410 e. The van der Waals surface area contributed by atoms with Crippen LogP contribution in [0.2, 0.25) is 0 Å². The van der Waals surface area contributed by atoms with Crippen molar-refractivity contribution >= 4 is 37.9 Å². The minimum absolute atomic E-state index is 0.147. The SMILES string of the molecule is CC(C)(C)OC(=O)N1CCc2c(NS(=O)(=O)c3ccc(Br)cc3)n[nH]c2C1. The zero-order chi connectivity index (χ0) is 19.8. The lowest BCUT2D eigenvalue weighted by Gasteiger charge is -2.29. The molecular formula is C17H21BrN4O4S. The van der Waals surface area contributed by atoms with Crippen LogP contribution in [0, 0.1) is 0 Å². The second-order valence-corrected chi connectivity index (χ2v) is 9.84. The van der Waals surface area contributed by atoms with Crippen molar-refractivity contribution in [2.45, 2.75) is 44.2 Å². The Hall–Kier alpha value is -2.07. The summed E-state index contributed by atoms with van der Waals surface area (Å²) in [6, 6.07) is 6.34. The van der Waals surface area contributed by atoms with Gasteiger partial charge in [0, 0.05) is 16.6 Å². The molecule has 0 saturated heterocycles. The van der Waals surface area contributed by atoms with Crippen LogP contribution in [-0.2, 0) is 27.7 Å². The molecule has 0 atom stereocenters. The fourth-order valence-electron chi connectivity index (χ4n) is 2.68. The van der Waals surface area contributed by atoms with Crippen LogP contribution < -0.4 is 4.72 Å². The Kier molecular flexibility index (Phi) is 5.22. The van der Waals surface area contributed by atoms with Crippen molar-refractivity contribution in [3.63, 3.8) is 0 Å². The molecule has 0 fully saturated rings. The van der Waals surface area contributed by atoms with E-state index in [1.807, 2.05) is 20.8 Å². The fourth-order valence-corrected chi connectivity index (χ4v) is 3.98. The molecule has 0 bridgehead atoms. The first-order valence-corrected chi connectivity index (χ1v) is 10.7. The number of nitrogens with one attached hydrogen (secondary N) is 2. The Morgan fingerprint density at radius 3 is 2.59 bits per heavy atom. The van der Waals surface area contributed by atoms with Crippen molar-refractivity contribution in [2.24, 2.45) is 0 Å². The van der Waals surface area contributed by atoms with Gasteiger partial charge in [-0.25, -0.2) is 13.2 Å². The first kappa shape index (κ1) is 19.7. The third kappa shape index (κ3) is 4.62. The van der Waals surface area contributed by atoms with Gasteiger partial charge in [0.05, 0.1) is 17.1 Å². The van der Waals surface area contributed by atoms with Crippen LogP contribution in [0.3, 0.4) is 0 Å². The zero-order valence-corrected chi connectivity index (χ0v) is 17.6. The summed E-state index contributed by atoms with van der Waals surface area (Å²) in [6.07, 6.45) is 0.0724. The van der Waals surface area contributed by atoms with Crippen LogP contribution in [0.25, 0.3) is 0 Å². The molecule has 8 nitrogen and oxygen atoms in total. The zero-order valence-electron chi connectivity index (χ0n) is 15.2. The lowest BCUT2D eigenvalue weighted by molar-refractivity contribution is 0.0221. The van der Waals surface area contributed by atoms with E-state index in [9.17, 15) is 13.2 Å². The molecule has 3 rings (SSSR count). The van der Waals surface area contributed by atoms with Crippen molar-refractivity contribution in [3.05, 3.63) is 40.0 Å². The molecule has 1 aliphatic heterocycles. The van der Waals surface area contributed by atoms with Crippen LogP contribution in [-0.4, -0.2) is 41.8 Å². The van der Waals surface area contributed by atoms with Crippen LogP contribution in [0.4, 0.5) is 10.6 Å². The van der Waals surface area contributed by atoms with E-state index in [0.29, 0.717) is 18.7 Å². The molecule has 146 valence electrons. The second kappa shape index (κ2) is 7.16. The summed E-state index contributed by atoms with van der Waals surface area (Å²) < 4.78 is 33.8. The van der Waals surface area contributed by atoms with Gasteiger partial charge in [-0.2, -0.15) is 5.10 Å². The largest absolute Gasteiger partial charge is 0.444 e. The molecular weight excluding hydrogens is 436 g/mol. The summed E-state index contributed by atoms with van der Waals surface area (Å²) in [5.41, 5.74) is 0.882. The van der Waals surface area contributed by atoms with E-state index >= 15 is 0 Å². The molecule has 10 heteroatoms. The number of sulfonamides is 1. The number of carbonyl (C=O) groups excluding carboxylic acids is 1. The molecule has 0 spiro atoms. The summed E-state index contributed by atoms with van der Waals surface area (Å²) in [6.45, 7) is 6.15.